The molecule has 164 valence electrons. The lowest BCUT2D eigenvalue weighted by Gasteiger charge is -2.45. The molecule has 0 unspecified atom stereocenters. The molecule has 0 aromatic heterocycles. The van der Waals surface area contributed by atoms with E-state index in [1.54, 1.807) is 0 Å². The summed E-state index contributed by atoms with van der Waals surface area (Å²) in [6.45, 7) is 13.0. The van der Waals surface area contributed by atoms with Gasteiger partial charge in [0.25, 0.3) is 0 Å². The molecule has 0 saturated carbocycles. The second-order valence-corrected chi connectivity index (χ2v) is 15.6. The first kappa shape index (κ1) is 24.7. The van der Waals surface area contributed by atoms with Gasteiger partial charge < -0.3 is 9.53 Å². The summed E-state index contributed by atoms with van der Waals surface area (Å²) in [6, 6.07) is 7.11. The molecule has 30 heavy (non-hydrogen) atoms. The van der Waals surface area contributed by atoms with E-state index in [0.29, 0.717) is 17.2 Å². The first-order chi connectivity index (χ1) is 13.8. The molecule has 6 nitrogen and oxygen atoms in total. The van der Waals surface area contributed by atoms with Crippen molar-refractivity contribution in [2.45, 2.75) is 63.5 Å². The van der Waals surface area contributed by atoms with E-state index in [-0.39, 0.29) is 5.04 Å². The maximum absolute atomic E-state index is 12.6. The fraction of sp³-hybridized carbons (Fsp3) is 0.524. The zero-order chi connectivity index (χ0) is 22.9. The van der Waals surface area contributed by atoms with Gasteiger partial charge in [0, 0.05) is 6.61 Å². The van der Waals surface area contributed by atoms with Gasteiger partial charge in [-0.25, -0.2) is 4.79 Å². The van der Waals surface area contributed by atoms with Gasteiger partial charge in [0.2, 0.25) is 5.91 Å². The Bertz CT molecular complexity index is 848. The number of likely N-dealkylation sites (tertiary alicyclic amines) is 1. The van der Waals surface area contributed by atoms with Crippen LogP contribution in [0.15, 0.2) is 24.3 Å². The number of thioether (sulfide) groups is 1. The molecule has 0 spiro atoms. The van der Waals surface area contributed by atoms with E-state index in [2.05, 4.69) is 33.9 Å². The summed E-state index contributed by atoms with van der Waals surface area (Å²) in [6.07, 6.45) is 0.380. The van der Waals surface area contributed by atoms with Crippen LogP contribution in [0, 0.1) is 6.92 Å². The van der Waals surface area contributed by atoms with Crippen LogP contribution < -0.4 is 0 Å². The molecule has 1 heterocycles. The molecule has 1 aromatic rings. The number of carbonyl (C=O) groups excluding carboxylic acids is 2. The summed E-state index contributed by atoms with van der Waals surface area (Å²) in [5.41, 5.74) is 1.93. The van der Waals surface area contributed by atoms with Gasteiger partial charge in [-0.15, -0.1) is 0 Å². The van der Waals surface area contributed by atoms with E-state index in [1.165, 1.54) is 11.8 Å². The van der Waals surface area contributed by atoms with E-state index in [1.807, 2.05) is 31.2 Å². The van der Waals surface area contributed by atoms with Crippen LogP contribution in [0.5, 0.6) is 0 Å². The smallest absolute Gasteiger partial charge is 0.395 e. The number of carboxylic acids is 1. The second-order valence-electron chi connectivity index (χ2n) is 8.98. The molecule has 1 aromatic carbocycles. The molecule has 2 amide bonds. The number of carbonyl (C=O) groups is 3. The molecule has 1 fully saturated rings. The standard InChI is InChI=1S/C21H29NO5S2Si/c1-13-7-9-14(10-8-13)20(28)29-16-15(22(17(16)23)18(24)19(25)26)11-12-27-30(5,6)21(2,3)4/h7-10,15-16H,11-12H2,1-6H3,(H,25,26)/t15-,16+/m1/s1. The second kappa shape index (κ2) is 9.29. The van der Waals surface area contributed by atoms with Crippen LogP contribution in [0.25, 0.3) is 0 Å². The van der Waals surface area contributed by atoms with E-state index >= 15 is 0 Å². The number of hydrogen-bond acceptors (Lipinski definition) is 6. The zero-order valence-corrected chi connectivity index (χ0v) is 20.9. The molecular formula is C21H29NO5S2Si. The fourth-order valence-electron chi connectivity index (χ4n) is 2.81. The van der Waals surface area contributed by atoms with Gasteiger partial charge in [-0.3, -0.25) is 14.5 Å². The maximum Gasteiger partial charge on any atom is 0.395 e. The van der Waals surface area contributed by atoms with Gasteiger partial charge in [0.15, 0.2) is 8.32 Å². The third kappa shape index (κ3) is 5.37. The van der Waals surface area contributed by atoms with E-state index in [4.69, 9.17) is 21.8 Å². The third-order valence-corrected chi connectivity index (χ3v) is 12.0. The van der Waals surface area contributed by atoms with Crippen molar-refractivity contribution in [1.29, 1.82) is 0 Å². The Morgan fingerprint density at radius 3 is 2.30 bits per heavy atom. The number of thiocarbonyl (C=S) groups is 1. The van der Waals surface area contributed by atoms with E-state index in [9.17, 15) is 14.4 Å². The highest BCUT2D eigenvalue weighted by Crippen LogP contribution is 2.38. The summed E-state index contributed by atoms with van der Waals surface area (Å²) in [7, 11) is -2.00. The predicted molar refractivity (Wildman–Crippen MR) is 125 cm³/mol. The summed E-state index contributed by atoms with van der Waals surface area (Å²) in [5.74, 6) is -3.35. The maximum atomic E-state index is 12.6. The van der Waals surface area contributed by atoms with E-state index in [0.717, 1.165) is 16.0 Å². The van der Waals surface area contributed by atoms with Crippen LogP contribution in [0.4, 0.5) is 0 Å². The predicted octanol–water partition coefficient (Wildman–Crippen LogP) is 4.01. The molecule has 0 aliphatic carbocycles. The lowest BCUT2D eigenvalue weighted by Crippen LogP contribution is -2.67. The Labute approximate surface area is 188 Å². The van der Waals surface area contributed by atoms with Crippen LogP contribution in [0.3, 0.4) is 0 Å². The SMILES string of the molecule is Cc1ccc(C(=S)S[C@@H]2C(=O)N(C(=O)C(=O)O)[C@@H]2CCO[Si](C)(C)C(C)(C)C)cc1. The van der Waals surface area contributed by atoms with Crippen molar-refractivity contribution in [1.82, 2.24) is 4.90 Å². The third-order valence-electron chi connectivity index (χ3n) is 5.77. The topological polar surface area (TPSA) is 83.9 Å². The number of aliphatic carboxylic acids is 1. The van der Waals surface area contributed by atoms with Crippen LogP contribution in [0.2, 0.25) is 18.1 Å². The minimum absolute atomic E-state index is 0.0279. The fourth-order valence-corrected chi connectivity index (χ4v) is 5.45. The zero-order valence-electron chi connectivity index (χ0n) is 18.2. The average molecular weight is 468 g/mol. The number of carboxylic acid groups (broad SMARTS) is 1. The quantitative estimate of drug-likeness (QED) is 0.293. The minimum Gasteiger partial charge on any atom is -0.474 e. The van der Waals surface area contributed by atoms with Gasteiger partial charge in [-0.2, -0.15) is 0 Å². The van der Waals surface area contributed by atoms with Crippen molar-refractivity contribution >= 4 is 54.3 Å². The highest BCUT2D eigenvalue weighted by Gasteiger charge is 2.53. The first-order valence-electron chi connectivity index (χ1n) is 9.78. The number of nitrogens with zero attached hydrogens (tertiary/aromatic N) is 1. The number of β-lactam (4-membered cyclic amide) rings is 1. The van der Waals surface area contributed by atoms with Crippen molar-refractivity contribution in [2.24, 2.45) is 0 Å². The van der Waals surface area contributed by atoms with Crippen molar-refractivity contribution in [3.8, 4) is 0 Å². The monoisotopic (exact) mass is 467 g/mol. The summed E-state index contributed by atoms with van der Waals surface area (Å²) in [5, 5.41) is 8.52. The Morgan fingerprint density at radius 1 is 1.23 bits per heavy atom. The Kier molecular flexibility index (Phi) is 7.66. The number of amides is 2. The number of benzene rings is 1. The molecule has 1 N–H and O–H groups in total. The van der Waals surface area contributed by atoms with Gasteiger partial charge in [0.1, 0.15) is 5.25 Å². The molecular weight excluding hydrogens is 438 g/mol. The summed E-state index contributed by atoms with van der Waals surface area (Å²) in [4.78, 5) is 36.6. The van der Waals surface area contributed by atoms with Crippen LogP contribution in [-0.2, 0) is 18.8 Å². The molecule has 1 aliphatic rings. The molecule has 2 rings (SSSR count). The van der Waals surface area contributed by atoms with Crippen molar-refractivity contribution in [3.05, 3.63) is 35.4 Å². The summed E-state index contributed by atoms with van der Waals surface area (Å²) >= 11 is 6.70. The molecule has 1 saturated heterocycles. The highest BCUT2D eigenvalue weighted by molar-refractivity contribution is 8.24. The average Bonchev–Trinajstić information content (AvgIpc) is 2.64. The molecule has 1 aliphatic heterocycles. The Morgan fingerprint density at radius 2 is 1.80 bits per heavy atom. The number of rotatable bonds is 6. The normalized spacial score (nSPS) is 19.4. The lowest BCUT2D eigenvalue weighted by molar-refractivity contribution is -0.168. The number of aryl methyl sites for hydroxylation is 1. The van der Waals surface area contributed by atoms with Crippen molar-refractivity contribution in [2.75, 3.05) is 6.61 Å². The lowest BCUT2D eigenvalue weighted by atomic mass is 9.98. The minimum atomic E-state index is -2.00. The van der Waals surface area contributed by atoms with Gasteiger partial charge >= 0.3 is 11.9 Å². The van der Waals surface area contributed by atoms with Crippen molar-refractivity contribution < 1.29 is 23.9 Å². The van der Waals surface area contributed by atoms with Gasteiger partial charge in [0.05, 0.1) is 10.2 Å². The Balaban J connectivity index is 2.12. The van der Waals surface area contributed by atoms with Gasteiger partial charge in [-0.05, 0) is 37.0 Å². The number of hydrogen-bond donors (Lipinski definition) is 1. The molecule has 9 heteroatoms. The Hall–Kier alpha value is -1.55. The number of imide groups is 1. The van der Waals surface area contributed by atoms with E-state index < -0.39 is 37.4 Å². The molecule has 2 atom stereocenters. The van der Waals surface area contributed by atoms with Crippen LogP contribution in [-0.4, -0.2) is 58.2 Å². The largest absolute Gasteiger partial charge is 0.474 e. The summed E-state index contributed by atoms with van der Waals surface area (Å²) < 4.78 is 6.72. The molecule has 0 bridgehead atoms. The van der Waals surface area contributed by atoms with Crippen LogP contribution in [0.1, 0.15) is 38.3 Å². The highest BCUT2D eigenvalue weighted by atomic mass is 32.2. The van der Waals surface area contributed by atoms with Gasteiger partial charge in [-0.1, -0.05) is 74.6 Å². The molecule has 0 radical (unpaired) electrons. The first-order valence-corrected chi connectivity index (χ1v) is 14.0. The van der Waals surface area contributed by atoms with Crippen LogP contribution >= 0.6 is 24.0 Å². The van der Waals surface area contributed by atoms with Crippen molar-refractivity contribution in [3.63, 3.8) is 0 Å².